The number of nitrogens with zero attached hydrogens (tertiary/aromatic N) is 2. The van der Waals surface area contributed by atoms with Gasteiger partial charge in [-0.15, -0.1) is 0 Å². The number of hydrogen-bond acceptors (Lipinski definition) is 4. The van der Waals surface area contributed by atoms with Crippen molar-refractivity contribution in [2.45, 2.75) is 46.6 Å². The lowest BCUT2D eigenvalue weighted by molar-refractivity contribution is 0.332. The molecule has 0 spiro atoms. The van der Waals surface area contributed by atoms with Crippen LogP contribution in [0.1, 0.15) is 52.3 Å². The maximum Gasteiger partial charge on any atom is 0.0912 e. The highest BCUT2D eigenvalue weighted by Crippen LogP contribution is 2.26. The zero-order chi connectivity index (χ0) is 11.3. The number of nitrogens with one attached hydrogen (secondary N) is 1. The largest absolute Gasteiger partial charge is 0.309 e. The Morgan fingerprint density at radius 3 is 2.67 bits per heavy atom. The summed E-state index contributed by atoms with van der Waals surface area (Å²) in [6, 6.07) is 0.368. The van der Waals surface area contributed by atoms with Gasteiger partial charge >= 0.3 is 0 Å². The molecule has 0 aromatic carbocycles. The molecular formula is C11H21N3S. The van der Waals surface area contributed by atoms with Crippen molar-refractivity contribution in [3.63, 3.8) is 0 Å². The van der Waals surface area contributed by atoms with Gasteiger partial charge < -0.3 is 5.32 Å². The molecule has 0 amide bonds. The predicted molar refractivity (Wildman–Crippen MR) is 65.0 cm³/mol. The molecule has 0 saturated carbocycles. The van der Waals surface area contributed by atoms with E-state index in [1.807, 2.05) is 6.20 Å². The van der Waals surface area contributed by atoms with E-state index in [0.717, 1.165) is 18.7 Å². The summed E-state index contributed by atoms with van der Waals surface area (Å²) < 4.78 is 8.36. The summed E-state index contributed by atoms with van der Waals surface area (Å²) in [5.41, 5.74) is 1.48. The van der Waals surface area contributed by atoms with Crippen molar-refractivity contribution in [2.75, 3.05) is 6.54 Å². The zero-order valence-electron chi connectivity index (χ0n) is 10.1. The third kappa shape index (κ3) is 4.71. The molecule has 0 aliphatic carbocycles. The summed E-state index contributed by atoms with van der Waals surface area (Å²) in [5.74, 6) is 0. The first kappa shape index (κ1) is 12.6. The maximum absolute atomic E-state index is 4.30. The normalized spacial score (nSPS) is 14.1. The van der Waals surface area contributed by atoms with Crippen molar-refractivity contribution < 1.29 is 0 Å². The van der Waals surface area contributed by atoms with E-state index in [9.17, 15) is 0 Å². The average Bonchev–Trinajstić information content (AvgIpc) is 2.63. The van der Waals surface area contributed by atoms with Crippen LogP contribution in [0.3, 0.4) is 0 Å². The molecular weight excluding hydrogens is 206 g/mol. The van der Waals surface area contributed by atoms with Crippen LogP contribution in [-0.2, 0) is 0 Å². The van der Waals surface area contributed by atoms with Gasteiger partial charge in [0.2, 0.25) is 0 Å². The zero-order valence-corrected chi connectivity index (χ0v) is 10.9. The van der Waals surface area contributed by atoms with Crippen molar-refractivity contribution >= 4 is 11.7 Å². The first-order chi connectivity index (χ1) is 7.03. The second-order valence-corrected chi connectivity index (χ2v) is 5.60. The lowest BCUT2D eigenvalue weighted by Crippen LogP contribution is -2.22. The molecule has 4 heteroatoms. The number of hydrogen-bond donors (Lipinski definition) is 1. The Hall–Kier alpha value is -0.480. The molecule has 1 heterocycles. The fourth-order valence-electron chi connectivity index (χ4n) is 1.50. The Balaban J connectivity index is 2.52. The van der Waals surface area contributed by atoms with E-state index < -0.39 is 0 Å². The molecule has 0 aliphatic heterocycles. The maximum atomic E-state index is 4.30. The van der Waals surface area contributed by atoms with Gasteiger partial charge in [0, 0.05) is 0 Å². The van der Waals surface area contributed by atoms with Crippen LogP contribution in [0.5, 0.6) is 0 Å². The lowest BCUT2D eigenvalue weighted by atomic mass is 9.88. The van der Waals surface area contributed by atoms with E-state index in [1.165, 1.54) is 18.1 Å². The van der Waals surface area contributed by atoms with E-state index in [2.05, 4.69) is 41.8 Å². The van der Waals surface area contributed by atoms with Crippen molar-refractivity contribution in [3.05, 3.63) is 11.9 Å². The van der Waals surface area contributed by atoms with Crippen LogP contribution in [0.25, 0.3) is 0 Å². The summed E-state index contributed by atoms with van der Waals surface area (Å²) in [6.07, 6.45) is 4.20. The summed E-state index contributed by atoms with van der Waals surface area (Å²) >= 11 is 1.29. The molecule has 0 fully saturated rings. The van der Waals surface area contributed by atoms with Gasteiger partial charge in [-0.2, -0.15) is 8.75 Å². The van der Waals surface area contributed by atoms with Crippen molar-refractivity contribution in [3.8, 4) is 0 Å². The topological polar surface area (TPSA) is 37.8 Å². The van der Waals surface area contributed by atoms with Crippen molar-refractivity contribution in [1.82, 2.24) is 14.1 Å². The minimum Gasteiger partial charge on any atom is -0.309 e. The molecule has 0 radical (unpaired) electrons. The van der Waals surface area contributed by atoms with Crippen LogP contribution in [0, 0.1) is 5.41 Å². The van der Waals surface area contributed by atoms with Crippen molar-refractivity contribution in [1.29, 1.82) is 0 Å². The molecule has 86 valence electrons. The highest BCUT2D eigenvalue weighted by atomic mass is 32.1. The molecule has 1 aromatic heterocycles. The van der Waals surface area contributed by atoms with Crippen molar-refractivity contribution in [2.24, 2.45) is 5.41 Å². The molecule has 1 rings (SSSR count). The highest BCUT2D eigenvalue weighted by molar-refractivity contribution is 6.99. The fraction of sp³-hybridized carbons (Fsp3) is 0.818. The summed E-state index contributed by atoms with van der Waals surface area (Å²) in [5, 5.41) is 3.46. The summed E-state index contributed by atoms with van der Waals surface area (Å²) in [7, 11) is 0. The van der Waals surface area contributed by atoms with Gasteiger partial charge in [0.15, 0.2) is 0 Å². The Morgan fingerprint density at radius 1 is 1.47 bits per heavy atom. The Kier molecular flexibility index (Phi) is 4.67. The van der Waals surface area contributed by atoms with E-state index in [1.54, 1.807) is 0 Å². The standard InChI is InChI=1S/C11H21N3S/c1-5-12-9(6-7-11(2,3)4)10-8-13-15-14-10/h8-9,12H,5-7H2,1-4H3. The molecule has 1 atom stereocenters. The minimum atomic E-state index is 0.368. The fourth-order valence-corrected chi connectivity index (χ4v) is 1.97. The smallest absolute Gasteiger partial charge is 0.0912 e. The SMILES string of the molecule is CCNC(CCC(C)(C)C)c1cnsn1. The predicted octanol–water partition coefficient (Wildman–Crippen LogP) is 3.02. The second-order valence-electron chi connectivity index (χ2n) is 5.04. The van der Waals surface area contributed by atoms with E-state index in [0.29, 0.717) is 11.5 Å². The first-order valence-electron chi connectivity index (χ1n) is 5.54. The third-order valence-electron chi connectivity index (χ3n) is 2.37. The van der Waals surface area contributed by atoms with Gasteiger partial charge in [-0.05, 0) is 24.8 Å². The molecule has 1 aromatic rings. The molecule has 1 unspecified atom stereocenters. The Morgan fingerprint density at radius 2 is 2.20 bits per heavy atom. The molecule has 0 bridgehead atoms. The Bertz CT molecular complexity index is 264. The van der Waals surface area contributed by atoms with E-state index >= 15 is 0 Å². The first-order valence-corrected chi connectivity index (χ1v) is 6.27. The van der Waals surface area contributed by atoms with Gasteiger partial charge in [0.25, 0.3) is 0 Å². The molecule has 3 nitrogen and oxygen atoms in total. The van der Waals surface area contributed by atoms with Crippen LogP contribution < -0.4 is 5.32 Å². The molecule has 0 saturated heterocycles. The molecule has 0 aliphatic rings. The van der Waals surface area contributed by atoms with Gasteiger partial charge in [0.05, 0.1) is 29.7 Å². The highest BCUT2D eigenvalue weighted by Gasteiger charge is 2.17. The van der Waals surface area contributed by atoms with Crippen LogP contribution in [0.2, 0.25) is 0 Å². The van der Waals surface area contributed by atoms with Gasteiger partial charge in [0.1, 0.15) is 0 Å². The quantitative estimate of drug-likeness (QED) is 0.840. The van der Waals surface area contributed by atoms with Crippen LogP contribution in [0.4, 0.5) is 0 Å². The van der Waals surface area contributed by atoms with Gasteiger partial charge in [-0.25, -0.2) is 0 Å². The molecule has 1 N–H and O–H groups in total. The van der Waals surface area contributed by atoms with Crippen LogP contribution >= 0.6 is 11.7 Å². The monoisotopic (exact) mass is 227 g/mol. The van der Waals surface area contributed by atoms with Crippen LogP contribution in [-0.4, -0.2) is 15.3 Å². The van der Waals surface area contributed by atoms with E-state index in [-0.39, 0.29) is 0 Å². The summed E-state index contributed by atoms with van der Waals surface area (Å²) in [4.78, 5) is 0. The lowest BCUT2D eigenvalue weighted by Gasteiger charge is -2.22. The minimum absolute atomic E-state index is 0.368. The van der Waals surface area contributed by atoms with Crippen LogP contribution in [0.15, 0.2) is 6.20 Å². The third-order valence-corrected chi connectivity index (χ3v) is 2.86. The molecule has 15 heavy (non-hydrogen) atoms. The average molecular weight is 227 g/mol. The summed E-state index contributed by atoms with van der Waals surface area (Å²) in [6.45, 7) is 9.93. The van der Waals surface area contributed by atoms with Gasteiger partial charge in [-0.3, -0.25) is 0 Å². The Labute approximate surface area is 96.6 Å². The number of aromatic nitrogens is 2. The van der Waals surface area contributed by atoms with E-state index in [4.69, 9.17) is 0 Å². The number of rotatable bonds is 5. The van der Waals surface area contributed by atoms with Gasteiger partial charge in [-0.1, -0.05) is 27.7 Å². The second kappa shape index (κ2) is 5.56.